The molecule has 0 aromatic heterocycles. The highest BCUT2D eigenvalue weighted by molar-refractivity contribution is 6.31. The van der Waals surface area contributed by atoms with E-state index >= 15 is 0 Å². The fourth-order valence-corrected chi connectivity index (χ4v) is 2.46. The van der Waals surface area contributed by atoms with Crippen LogP contribution in [0.4, 0.5) is 5.69 Å². The molecular weight excluding hydrogens is 282 g/mol. The van der Waals surface area contributed by atoms with E-state index < -0.39 is 4.92 Å². The van der Waals surface area contributed by atoms with Crippen LogP contribution in [0.15, 0.2) is 18.2 Å². The van der Waals surface area contributed by atoms with Crippen molar-refractivity contribution in [2.75, 3.05) is 13.1 Å². The molecule has 1 saturated heterocycles. The number of rotatable bonds is 2. The van der Waals surface area contributed by atoms with Crippen molar-refractivity contribution in [3.8, 4) is 0 Å². The molecule has 1 amide bonds. The first-order valence-corrected chi connectivity index (χ1v) is 6.76. The van der Waals surface area contributed by atoms with E-state index in [0.717, 1.165) is 6.42 Å². The van der Waals surface area contributed by atoms with Gasteiger partial charge in [-0.2, -0.15) is 0 Å². The number of carbonyl (C=O) groups excluding carboxylic acids is 1. The van der Waals surface area contributed by atoms with Gasteiger partial charge in [-0.05, 0) is 24.5 Å². The molecular formula is C13H16ClN3O3. The molecule has 2 atom stereocenters. The smallest absolute Gasteiger partial charge is 0.283 e. The molecule has 1 aliphatic rings. The van der Waals surface area contributed by atoms with Crippen molar-refractivity contribution < 1.29 is 9.72 Å². The Morgan fingerprint density at radius 2 is 2.25 bits per heavy atom. The number of nitrogens with zero attached hydrogens (tertiary/aromatic N) is 2. The largest absolute Gasteiger partial charge is 0.337 e. The van der Waals surface area contributed by atoms with Crippen LogP contribution in [0.25, 0.3) is 0 Å². The van der Waals surface area contributed by atoms with E-state index in [1.165, 1.54) is 18.2 Å². The molecule has 0 aliphatic carbocycles. The second-order valence-electron chi connectivity index (χ2n) is 5.10. The topological polar surface area (TPSA) is 89.5 Å². The number of nitro benzene ring substituents is 1. The number of nitrogens with two attached hydrogens (primary N) is 1. The molecule has 0 spiro atoms. The molecule has 0 radical (unpaired) electrons. The Kier molecular flexibility index (Phi) is 4.25. The maximum atomic E-state index is 12.4. The SMILES string of the molecule is CC1CCN(C(=O)c2ccc(Cl)cc2[N+](=O)[O-])CC1N. The Morgan fingerprint density at radius 1 is 1.55 bits per heavy atom. The number of piperidine rings is 1. The van der Waals surface area contributed by atoms with Crippen molar-refractivity contribution in [2.45, 2.75) is 19.4 Å². The van der Waals surface area contributed by atoms with Gasteiger partial charge in [0.15, 0.2) is 0 Å². The lowest BCUT2D eigenvalue weighted by atomic mass is 9.94. The summed E-state index contributed by atoms with van der Waals surface area (Å²) in [4.78, 5) is 24.4. The summed E-state index contributed by atoms with van der Waals surface area (Å²) in [7, 11) is 0. The summed E-state index contributed by atoms with van der Waals surface area (Å²) in [6.45, 7) is 3.02. The average molecular weight is 298 g/mol. The van der Waals surface area contributed by atoms with Crippen LogP contribution in [0.3, 0.4) is 0 Å². The van der Waals surface area contributed by atoms with Gasteiger partial charge in [-0.25, -0.2) is 0 Å². The number of nitro groups is 1. The summed E-state index contributed by atoms with van der Waals surface area (Å²) in [5, 5.41) is 11.3. The van der Waals surface area contributed by atoms with Crippen molar-refractivity contribution in [2.24, 2.45) is 11.7 Å². The average Bonchev–Trinajstić information content (AvgIpc) is 2.41. The zero-order valence-corrected chi connectivity index (χ0v) is 11.8. The van der Waals surface area contributed by atoms with Crippen LogP contribution >= 0.6 is 11.6 Å². The van der Waals surface area contributed by atoms with Crippen LogP contribution in [0.2, 0.25) is 5.02 Å². The number of hydrogen-bond acceptors (Lipinski definition) is 4. The van der Waals surface area contributed by atoms with Gasteiger partial charge in [0.2, 0.25) is 0 Å². The second-order valence-corrected chi connectivity index (χ2v) is 5.54. The van der Waals surface area contributed by atoms with Gasteiger partial charge in [0, 0.05) is 30.2 Å². The van der Waals surface area contributed by atoms with Gasteiger partial charge in [-0.1, -0.05) is 18.5 Å². The number of amides is 1. The number of benzene rings is 1. The Morgan fingerprint density at radius 3 is 2.85 bits per heavy atom. The van der Waals surface area contributed by atoms with Crippen LogP contribution in [0, 0.1) is 16.0 Å². The lowest BCUT2D eigenvalue weighted by Crippen LogP contribution is -2.49. The normalized spacial score (nSPS) is 22.6. The van der Waals surface area contributed by atoms with Crippen LogP contribution in [0.5, 0.6) is 0 Å². The van der Waals surface area contributed by atoms with Crippen molar-refractivity contribution in [3.05, 3.63) is 38.9 Å². The van der Waals surface area contributed by atoms with E-state index in [0.29, 0.717) is 19.0 Å². The first-order valence-electron chi connectivity index (χ1n) is 6.39. The van der Waals surface area contributed by atoms with Gasteiger partial charge < -0.3 is 10.6 Å². The van der Waals surface area contributed by atoms with Gasteiger partial charge >= 0.3 is 0 Å². The number of halogens is 1. The van der Waals surface area contributed by atoms with Crippen molar-refractivity contribution in [1.29, 1.82) is 0 Å². The molecule has 1 aromatic rings. The summed E-state index contributed by atoms with van der Waals surface area (Å²) < 4.78 is 0. The minimum Gasteiger partial charge on any atom is -0.337 e. The summed E-state index contributed by atoms with van der Waals surface area (Å²) in [5.74, 6) is -0.0185. The van der Waals surface area contributed by atoms with Crippen LogP contribution in [-0.4, -0.2) is 34.9 Å². The highest BCUT2D eigenvalue weighted by Gasteiger charge is 2.30. The fourth-order valence-electron chi connectivity index (χ4n) is 2.29. The predicted octanol–water partition coefficient (Wildman–Crippen LogP) is 2.06. The summed E-state index contributed by atoms with van der Waals surface area (Å²) in [5.41, 5.74) is 5.75. The highest BCUT2D eigenvalue weighted by Crippen LogP contribution is 2.26. The first-order chi connectivity index (χ1) is 9.40. The molecule has 6 nitrogen and oxygen atoms in total. The Balaban J connectivity index is 2.27. The van der Waals surface area contributed by atoms with E-state index in [1.54, 1.807) is 4.90 Å². The molecule has 7 heteroatoms. The molecule has 1 fully saturated rings. The van der Waals surface area contributed by atoms with Gasteiger partial charge in [-0.3, -0.25) is 14.9 Å². The molecule has 2 unspecified atom stereocenters. The number of carbonyl (C=O) groups is 1. The van der Waals surface area contributed by atoms with E-state index in [2.05, 4.69) is 0 Å². The summed E-state index contributed by atoms with van der Waals surface area (Å²) >= 11 is 5.74. The van der Waals surface area contributed by atoms with E-state index in [9.17, 15) is 14.9 Å². The zero-order valence-electron chi connectivity index (χ0n) is 11.1. The molecule has 1 aromatic carbocycles. The van der Waals surface area contributed by atoms with Crippen LogP contribution in [-0.2, 0) is 0 Å². The Hall–Kier alpha value is -1.66. The monoisotopic (exact) mass is 297 g/mol. The minimum absolute atomic E-state index is 0.0566. The lowest BCUT2D eigenvalue weighted by molar-refractivity contribution is -0.385. The molecule has 0 bridgehead atoms. The van der Waals surface area contributed by atoms with Gasteiger partial charge in [0.1, 0.15) is 5.56 Å². The second kappa shape index (κ2) is 5.76. The molecule has 108 valence electrons. The standard InChI is InChI=1S/C13H16ClN3O3/c1-8-4-5-16(7-11(8)15)13(18)10-3-2-9(14)6-12(10)17(19)20/h2-3,6,8,11H,4-5,7,15H2,1H3. The van der Waals surface area contributed by atoms with E-state index in [4.69, 9.17) is 17.3 Å². The fraction of sp³-hybridized carbons (Fsp3) is 0.462. The Labute approximate surface area is 121 Å². The molecule has 1 aliphatic heterocycles. The highest BCUT2D eigenvalue weighted by atomic mass is 35.5. The van der Waals surface area contributed by atoms with Crippen molar-refractivity contribution >= 4 is 23.2 Å². The maximum Gasteiger partial charge on any atom is 0.283 e. The van der Waals surface area contributed by atoms with E-state index in [1.807, 2.05) is 6.92 Å². The third-order valence-corrected chi connectivity index (χ3v) is 3.93. The van der Waals surface area contributed by atoms with Gasteiger partial charge in [0.05, 0.1) is 4.92 Å². The molecule has 2 N–H and O–H groups in total. The molecule has 0 saturated carbocycles. The summed E-state index contributed by atoms with van der Waals surface area (Å²) in [6, 6.07) is 3.97. The van der Waals surface area contributed by atoms with Crippen LogP contribution in [0.1, 0.15) is 23.7 Å². The lowest BCUT2D eigenvalue weighted by Gasteiger charge is -2.35. The van der Waals surface area contributed by atoms with Gasteiger partial charge in [0.25, 0.3) is 11.6 Å². The summed E-state index contributed by atoms with van der Waals surface area (Å²) in [6.07, 6.45) is 0.800. The number of likely N-dealkylation sites (tertiary alicyclic amines) is 1. The van der Waals surface area contributed by atoms with Crippen molar-refractivity contribution in [3.63, 3.8) is 0 Å². The number of hydrogen-bond donors (Lipinski definition) is 1. The third-order valence-electron chi connectivity index (χ3n) is 3.69. The first kappa shape index (κ1) is 14.7. The molecule has 2 rings (SSSR count). The van der Waals surface area contributed by atoms with Crippen LogP contribution < -0.4 is 5.73 Å². The predicted molar refractivity (Wildman–Crippen MR) is 75.8 cm³/mol. The van der Waals surface area contributed by atoms with Gasteiger partial charge in [-0.15, -0.1) is 0 Å². The molecule has 1 heterocycles. The van der Waals surface area contributed by atoms with E-state index in [-0.39, 0.29) is 28.2 Å². The molecule has 20 heavy (non-hydrogen) atoms. The quantitative estimate of drug-likeness (QED) is 0.668. The minimum atomic E-state index is -0.592. The zero-order chi connectivity index (χ0) is 14.9. The maximum absolute atomic E-state index is 12.4. The van der Waals surface area contributed by atoms with Crippen molar-refractivity contribution in [1.82, 2.24) is 4.90 Å². The Bertz CT molecular complexity index is 550. The third kappa shape index (κ3) is 2.91.